The van der Waals surface area contributed by atoms with Crippen LogP contribution in [0, 0.1) is 10.1 Å². The Hall–Kier alpha value is -1.22. The first kappa shape index (κ1) is 17.8. The Bertz CT molecular complexity index is 533. The van der Waals surface area contributed by atoms with Crippen molar-refractivity contribution in [3.63, 3.8) is 0 Å². The van der Waals surface area contributed by atoms with E-state index in [4.69, 9.17) is 0 Å². The SMILES string of the molecule is CN(C)CCNS(=O)(=O)c1ccccc1[N+](=O)[O-].Cl. The molecule has 0 aliphatic heterocycles. The molecule has 0 atom stereocenters. The highest BCUT2D eigenvalue weighted by atomic mass is 35.5. The molecule has 108 valence electrons. The molecule has 0 unspecified atom stereocenters. The van der Waals surface area contributed by atoms with Crippen LogP contribution in [0.3, 0.4) is 0 Å². The summed E-state index contributed by atoms with van der Waals surface area (Å²) in [6.45, 7) is 0.710. The fourth-order valence-electron chi connectivity index (χ4n) is 1.32. The van der Waals surface area contributed by atoms with E-state index in [-0.39, 0.29) is 23.8 Å². The Labute approximate surface area is 118 Å². The highest BCUT2D eigenvalue weighted by Gasteiger charge is 2.24. The van der Waals surface area contributed by atoms with Gasteiger partial charge in [0.15, 0.2) is 4.90 Å². The number of likely N-dealkylation sites (N-methyl/N-ethyl adjacent to an activating group) is 1. The molecule has 1 aromatic carbocycles. The number of rotatable bonds is 6. The van der Waals surface area contributed by atoms with E-state index in [1.54, 1.807) is 14.1 Å². The summed E-state index contributed by atoms with van der Waals surface area (Å²) < 4.78 is 26.1. The van der Waals surface area contributed by atoms with Crippen LogP contribution in [0.1, 0.15) is 0 Å². The third kappa shape index (κ3) is 5.11. The third-order valence-corrected chi connectivity index (χ3v) is 3.71. The van der Waals surface area contributed by atoms with Gasteiger partial charge in [0.05, 0.1) is 4.92 Å². The van der Waals surface area contributed by atoms with Crippen LogP contribution in [-0.2, 0) is 10.0 Å². The monoisotopic (exact) mass is 309 g/mol. The summed E-state index contributed by atoms with van der Waals surface area (Å²) >= 11 is 0. The Morgan fingerprint density at radius 1 is 1.32 bits per heavy atom. The zero-order valence-corrected chi connectivity index (χ0v) is 12.2. The van der Waals surface area contributed by atoms with Crippen molar-refractivity contribution in [3.8, 4) is 0 Å². The van der Waals surface area contributed by atoms with Gasteiger partial charge in [-0.2, -0.15) is 0 Å². The van der Waals surface area contributed by atoms with Gasteiger partial charge in [-0.05, 0) is 20.2 Å². The minimum absolute atomic E-state index is 0. The van der Waals surface area contributed by atoms with E-state index in [0.29, 0.717) is 6.54 Å². The first-order chi connectivity index (χ1) is 8.34. The predicted molar refractivity (Wildman–Crippen MR) is 74.1 cm³/mol. The quantitative estimate of drug-likeness (QED) is 0.621. The van der Waals surface area contributed by atoms with Crippen molar-refractivity contribution >= 4 is 28.1 Å². The largest absolute Gasteiger partial charge is 0.308 e. The summed E-state index contributed by atoms with van der Waals surface area (Å²) in [5.41, 5.74) is -0.421. The molecule has 0 amide bonds. The molecule has 0 aliphatic rings. The smallest absolute Gasteiger partial charge is 0.289 e. The number of nitrogens with one attached hydrogen (secondary N) is 1. The van der Waals surface area contributed by atoms with Gasteiger partial charge >= 0.3 is 0 Å². The Kier molecular flexibility index (Phi) is 6.91. The van der Waals surface area contributed by atoms with Crippen LogP contribution in [0.2, 0.25) is 0 Å². The molecule has 19 heavy (non-hydrogen) atoms. The summed E-state index contributed by atoms with van der Waals surface area (Å²) in [7, 11) is -0.240. The van der Waals surface area contributed by atoms with E-state index >= 15 is 0 Å². The van der Waals surface area contributed by atoms with Crippen LogP contribution in [0.25, 0.3) is 0 Å². The van der Waals surface area contributed by atoms with Crippen LogP contribution in [0.4, 0.5) is 5.69 Å². The molecule has 1 rings (SSSR count). The average Bonchev–Trinajstić information content (AvgIpc) is 2.28. The molecule has 1 aromatic rings. The van der Waals surface area contributed by atoms with Crippen LogP contribution in [-0.4, -0.2) is 45.4 Å². The van der Waals surface area contributed by atoms with Crippen molar-refractivity contribution in [1.29, 1.82) is 0 Å². The standard InChI is InChI=1S/C10H15N3O4S.ClH/c1-12(2)8-7-11-18(16,17)10-6-4-3-5-9(10)13(14)15;/h3-6,11H,7-8H2,1-2H3;1H. The number of hydrogen-bond acceptors (Lipinski definition) is 5. The van der Waals surface area contributed by atoms with Crippen molar-refractivity contribution in [2.24, 2.45) is 0 Å². The fourth-order valence-corrected chi connectivity index (χ4v) is 2.51. The predicted octanol–water partition coefficient (Wildman–Crippen LogP) is 0.857. The molecule has 0 radical (unpaired) electrons. The lowest BCUT2D eigenvalue weighted by atomic mass is 10.3. The first-order valence-electron chi connectivity index (χ1n) is 5.22. The van der Waals surface area contributed by atoms with Crippen molar-refractivity contribution in [2.45, 2.75) is 4.90 Å². The van der Waals surface area contributed by atoms with Crippen LogP contribution in [0.15, 0.2) is 29.2 Å². The van der Waals surface area contributed by atoms with Gasteiger partial charge in [-0.25, -0.2) is 13.1 Å². The fraction of sp³-hybridized carbons (Fsp3) is 0.400. The number of nitro benzene ring substituents is 1. The van der Waals surface area contributed by atoms with E-state index in [1.165, 1.54) is 24.3 Å². The van der Waals surface area contributed by atoms with Gasteiger partial charge in [0, 0.05) is 19.2 Å². The lowest BCUT2D eigenvalue weighted by Gasteiger charge is -2.10. The van der Waals surface area contributed by atoms with Crippen molar-refractivity contribution in [3.05, 3.63) is 34.4 Å². The lowest BCUT2D eigenvalue weighted by molar-refractivity contribution is -0.387. The number of benzene rings is 1. The van der Waals surface area contributed by atoms with Crippen molar-refractivity contribution in [2.75, 3.05) is 27.2 Å². The molecule has 0 heterocycles. The summed E-state index contributed by atoms with van der Waals surface area (Å²) in [4.78, 5) is 11.5. The van der Waals surface area contributed by atoms with E-state index in [1.807, 2.05) is 4.90 Å². The van der Waals surface area contributed by atoms with Crippen molar-refractivity contribution < 1.29 is 13.3 Å². The normalized spacial score (nSPS) is 11.1. The summed E-state index contributed by atoms with van der Waals surface area (Å²) in [5, 5.41) is 10.8. The highest BCUT2D eigenvalue weighted by molar-refractivity contribution is 7.89. The minimum atomic E-state index is -3.85. The van der Waals surface area contributed by atoms with Gasteiger partial charge in [0.25, 0.3) is 5.69 Å². The molecule has 0 saturated carbocycles. The zero-order valence-electron chi connectivity index (χ0n) is 10.6. The molecule has 9 heteroatoms. The summed E-state index contributed by atoms with van der Waals surface area (Å²) in [6, 6.07) is 5.26. The van der Waals surface area contributed by atoms with E-state index in [0.717, 1.165) is 0 Å². The van der Waals surface area contributed by atoms with Crippen molar-refractivity contribution in [1.82, 2.24) is 9.62 Å². The van der Waals surface area contributed by atoms with Gasteiger partial charge in [0.2, 0.25) is 10.0 Å². The molecule has 7 nitrogen and oxygen atoms in total. The molecule has 0 bridgehead atoms. The molecule has 0 spiro atoms. The molecule has 0 aliphatic carbocycles. The highest BCUT2D eigenvalue weighted by Crippen LogP contribution is 2.22. The summed E-state index contributed by atoms with van der Waals surface area (Å²) in [5.74, 6) is 0. The molecule has 0 saturated heterocycles. The number of sulfonamides is 1. The van der Waals surface area contributed by atoms with E-state index in [9.17, 15) is 18.5 Å². The molecule has 0 aromatic heterocycles. The maximum atomic E-state index is 11.9. The number of nitro groups is 1. The Balaban J connectivity index is 0.00000324. The lowest BCUT2D eigenvalue weighted by Crippen LogP contribution is -2.31. The molecule has 1 N–H and O–H groups in total. The van der Waals surface area contributed by atoms with Crippen LogP contribution < -0.4 is 4.72 Å². The second-order valence-electron chi connectivity index (χ2n) is 3.93. The third-order valence-electron chi connectivity index (χ3n) is 2.20. The zero-order chi connectivity index (χ0) is 13.8. The second-order valence-corrected chi connectivity index (χ2v) is 5.66. The van der Waals surface area contributed by atoms with Gasteiger partial charge < -0.3 is 4.90 Å². The minimum Gasteiger partial charge on any atom is -0.308 e. The second kappa shape index (κ2) is 7.39. The number of nitrogens with zero attached hydrogens (tertiary/aromatic N) is 2. The topological polar surface area (TPSA) is 92.6 Å². The van der Waals surface area contributed by atoms with Crippen LogP contribution >= 0.6 is 12.4 Å². The van der Waals surface area contributed by atoms with E-state index < -0.39 is 20.6 Å². The van der Waals surface area contributed by atoms with Gasteiger partial charge in [-0.1, -0.05) is 12.1 Å². The molecule has 0 fully saturated rings. The molecular formula is C10H16ClN3O4S. The maximum Gasteiger partial charge on any atom is 0.289 e. The molecular weight excluding hydrogens is 294 g/mol. The average molecular weight is 310 g/mol. The van der Waals surface area contributed by atoms with Gasteiger partial charge in [-0.15, -0.1) is 12.4 Å². The first-order valence-corrected chi connectivity index (χ1v) is 6.71. The van der Waals surface area contributed by atoms with Gasteiger partial charge in [-0.3, -0.25) is 10.1 Å². The summed E-state index contributed by atoms with van der Waals surface area (Å²) in [6.07, 6.45) is 0. The van der Waals surface area contributed by atoms with Crippen LogP contribution in [0.5, 0.6) is 0 Å². The van der Waals surface area contributed by atoms with E-state index in [2.05, 4.69) is 4.72 Å². The number of hydrogen-bond donors (Lipinski definition) is 1. The Morgan fingerprint density at radius 3 is 2.42 bits per heavy atom. The Morgan fingerprint density at radius 2 is 1.89 bits per heavy atom. The number of halogens is 1. The van der Waals surface area contributed by atoms with Gasteiger partial charge in [0.1, 0.15) is 0 Å². The number of para-hydroxylation sites is 1. The maximum absolute atomic E-state index is 11.9.